The number of hydrogen-bond donors (Lipinski definition) is 1. The van der Waals surface area contributed by atoms with Crippen molar-refractivity contribution < 1.29 is 4.52 Å². The summed E-state index contributed by atoms with van der Waals surface area (Å²) in [6, 6.07) is -0.140. The van der Waals surface area contributed by atoms with Gasteiger partial charge in [0.05, 0.1) is 11.3 Å². The van der Waals surface area contributed by atoms with Crippen molar-refractivity contribution in [2.24, 2.45) is 11.7 Å². The Bertz CT molecular complexity index is 410. The fourth-order valence-corrected chi connectivity index (χ4v) is 4.89. The Kier molecular flexibility index (Phi) is 5.20. The van der Waals surface area contributed by atoms with E-state index in [0.29, 0.717) is 27.6 Å². The average molecular weight is 301 g/mol. The first-order chi connectivity index (χ1) is 8.97. The molecule has 0 spiro atoms. The highest BCUT2D eigenvalue weighted by atomic mass is 32.2. The van der Waals surface area contributed by atoms with Crippen LogP contribution in [0.5, 0.6) is 0 Å². The first kappa shape index (κ1) is 15.2. The number of nitrogens with two attached hydrogens (primary N) is 1. The van der Waals surface area contributed by atoms with Gasteiger partial charge in [-0.05, 0) is 12.3 Å². The molecule has 19 heavy (non-hydrogen) atoms. The number of thioether (sulfide) groups is 2. The third kappa shape index (κ3) is 3.89. The zero-order valence-corrected chi connectivity index (χ0v) is 13.6. The molecule has 0 amide bonds. The summed E-state index contributed by atoms with van der Waals surface area (Å²) in [5, 5.41) is 5.77. The van der Waals surface area contributed by atoms with E-state index < -0.39 is 0 Å². The first-order valence-corrected chi connectivity index (χ1v) is 8.82. The van der Waals surface area contributed by atoms with Gasteiger partial charge in [0.15, 0.2) is 5.82 Å². The monoisotopic (exact) mass is 301 g/mol. The van der Waals surface area contributed by atoms with E-state index in [1.165, 1.54) is 0 Å². The molecule has 1 aromatic rings. The molecule has 0 aromatic carbocycles. The fourth-order valence-electron chi connectivity index (χ4n) is 2.06. The van der Waals surface area contributed by atoms with Crippen molar-refractivity contribution in [3.63, 3.8) is 0 Å². The molecular formula is C13H23N3OS2. The highest BCUT2D eigenvalue weighted by Crippen LogP contribution is 2.43. The Morgan fingerprint density at radius 2 is 2.11 bits per heavy atom. The molecule has 1 fully saturated rings. The maximum Gasteiger partial charge on any atom is 0.243 e. The molecule has 2 N–H and O–H groups in total. The lowest BCUT2D eigenvalue weighted by atomic mass is 10.0. The number of aromatic nitrogens is 2. The molecular weight excluding hydrogens is 278 g/mol. The lowest BCUT2D eigenvalue weighted by Gasteiger charge is -2.29. The predicted molar refractivity (Wildman–Crippen MR) is 82.4 cm³/mol. The minimum atomic E-state index is -0.140. The molecule has 0 saturated carbocycles. The predicted octanol–water partition coefficient (Wildman–Crippen LogP) is 3.41. The second-order valence-electron chi connectivity index (χ2n) is 5.60. The molecule has 1 aliphatic heterocycles. The van der Waals surface area contributed by atoms with E-state index in [2.05, 4.69) is 37.8 Å². The van der Waals surface area contributed by atoms with Crippen LogP contribution in [-0.4, -0.2) is 26.4 Å². The minimum Gasteiger partial charge on any atom is -0.338 e. The van der Waals surface area contributed by atoms with Gasteiger partial charge >= 0.3 is 0 Å². The topological polar surface area (TPSA) is 64.9 Å². The average Bonchev–Trinajstić information content (AvgIpc) is 2.81. The van der Waals surface area contributed by atoms with Crippen LogP contribution >= 0.6 is 23.5 Å². The Hall–Kier alpha value is -0.200. The zero-order chi connectivity index (χ0) is 14.0. The van der Waals surface area contributed by atoms with Gasteiger partial charge in [-0.3, -0.25) is 0 Å². The maximum atomic E-state index is 6.08. The molecule has 4 nitrogen and oxygen atoms in total. The summed E-state index contributed by atoms with van der Waals surface area (Å²) < 4.78 is 5.33. The van der Waals surface area contributed by atoms with Crippen LogP contribution in [0.15, 0.2) is 4.52 Å². The highest BCUT2D eigenvalue weighted by molar-refractivity contribution is 8.07. The number of hydrogen-bond acceptors (Lipinski definition) is 6. The molecule has 2 heterocycles. The van der Waals surface area contributed by atoms with Crippen LogP contribution < -0.4 is 5.73 Å². The van der Waals surface area contributed by atoms with Gasteiger partial charge in [0.2, 0.25) is 5.89 Å². The molecule has 1 saturated heterocycles. The summed E-state index contributed by atoms with van der Waals surface area (Å²) >= 11 is 3.92. The lowest BCUT2D eigenvalue weighted by Crippen LogP contribution is -2.22. The van der Waals surface area contributed by atoms with E-state index in [-0.39, 0.29) is 6.04 Å². The summed E-state index contributed by atoms with van der Waals surface area (Å²) in [5.41, 5.74) is 6.08. The van der Waals surface area contributed by atoms with Gasteiger partial charge in [-0.15, -0.1) is 11.8 Å². The molecule has 6 heteroatoms. The second-order valence-corrected chi connectivity index (χ2v) is 8.59. The first-order valence-electron chi connectivity index (χ1n) is 6.83. The van der Waals surface area contributed by atoms with E-state index in [0.717, 1.165) is 18.0 Å². The third-order valence-corrected chi connectivity index (χ3v) is 6.73. The molecule has 0 aliphatic carbocycles. The van der Waals surface area contributed by atoms with Gasteiger partial charge in [-0.2, -0.15) is 16.7 Å². The summed E-state index contributed by atoms with van der Waals surface area (Å²) in [6.45, 7) is 8.83. The van der Waals surface area contributed by atoms with E-state index in [1.54, 1.807) is 0 Å². The molecule has 3 unspecified atom stereocenters. The van der Waals surface area contributed by atoms with Crippen molar-refractivity contribution in [1.29, 1.82) is 0 Å². The van der Waals surface area contributed by atoms with Crippen molar-refractivity contribution in [2.75, 3.05) is 5.75 Å². The van der Waals surface area contributed by atoms with Gasteiger partial charge < -0.3 is 10.3 Å². The Balaban J connectivity index is 2.01. The summed E-state index contributed by atoms with van der Waals surface area (Å²) in [4.78, 5) is 4.51. The SMILES string of the molecule is CC(C)C[C@H](N)c1nc(C2CSC(C)C(C)S2)no1. The van der Waals surface area contributed by atoms with Crippen molar-refractivity contribution in [1.82, 2.24) is 10.1 Å². The van der Waals surface area contributed by atoms with E-state index >= 15 is 0 Å². The highest BCUT2D eigenvalue weighted by Gasteiger charge is 2.30. The van der Waals surface area contributed by atoms with Crippen molar-refractivity contribution in [3.8, 4) is 0 Å². The van der Waals surface area contributed by atoms with Crippen LogP contribution in [0.2, 0.25) is 0 Å². The smallest absolute Gasteiger partial charge is 0.243 e. The van der Waals surface area contributed by atoms with Gasteiger partial charge in [0.1, 0.15) is 0 Å². The Morgan fingerprint density at radius 3 is 2.74 bits per heavy atom. The summed E-state index contributed by atoms with van der Waals surface area (Å²) in [7, 11) is 0. The Morgan fingerprint density at radius 1 is 1.37 bits per heavy atom. The standard InChI is InChI=1S/C13H23N3OS2/c1-7(2)5-10(14)13-15-12(16-17-13)11-6-18-8(3)9(4)19-11/h7-11H,5-6,14H2,1-4H3/t8?,9?,10-,11?/m0/s1. The van der Waals surface area contributed by atoms with Gasteiger partial charge in [0.25, 0.3) is 0 Å². The Labute approximate surface area is 123 Å². The second kappa shape index (κ2) is 6.50. The quantitative estimate of drug-likeness (QED) is 0.919. The van der Waals surface area contributed by atoms with E-state index in [9.17, 15) is 0 Å². The van der Waals surface area contributed by atoms with Crippen molar-refractivity contribution in [2.45, 2.75) is 55.9 Å². The van der Waals surface area contributed by atoms with Crippen LogP contribution in [0, 0.1) is 5.92 Å². The van der Waals surface area contributed by atoms with E-state index in [1.807, 2.05) is 23.5 Å². The van der Waals surface area contributed by atoms with Crippen LogP contribution in [0.25, 0.3) is 0 Å². The normalized spacial score (nSPS) is 29.7. The van der Waals surface area contributed by atoms with E-state index in [4.69, 9.17) is 10.3 Å². The number of nitrogens with zero attached hydrogens (tertiary/aromatic N) is 2. The molecule has 1 aliphatic rings. The molecule has 1 aromatic heterocycles. The van der Waals surface area contributed by atoms with Crippen LogP contribution in [0.3, 0.4) is 0 Å². The lowest BCUT2D eigenvalue weighted by molar-refractivity contribution is 0.332. The largest absolute Gasteiger partial charge is 0.338 e. The molecule has 0 bridgehead atoms. The van der Waals surface area contributed by atoms with Gasteiger partial charge in [0, 0.05) is 16.3 Å². The minimum absolute atomic E-state index is 0.140. The van der Waals surface area contributed by atoms with Crippen LogP contribution in [0.1, 0.15) is 57.1 Å². The summed E-state index contributed by atoms with van der Waals surface area (Å²) in [5.74, 6) is 2.98. The van der Waals surface area contributed by atoms with Crippen molar-refractivity contribution >= 4 is 23.5 Å². The van der Waals surface area contributed by atoms with Gasteiger partial charge in [-0.1, -0.05) is 32.9 Å². The number of rotatable bonds is 4. The fraction of sp³-hybridized carbons (Fsp3) is 0.846. The summed E-state index contributed by atoms with van der Waals surface area (Å²) in [6.07, 6.45) is 0.877. The maximum absolute atomic E-state index is 6.08. The zero-order valence-electron chi connectivity index (χ0n) is 12.0. The van der Waals surface area contributed by atoms with Gasteiger partial charge in [-0.25, -0.2) is 0 Å². The molecule has 4 atom stereocenters. The molecule has 108 valence electrons. The molecule has 2 rings (SSSR count). The molecule has 0 radical (unpaired) electrons. The third-order valence-electron chi connectivity index (χ3n) is 3.34. The van der Waals surface area contributed by atoms with Crippen molar-refractivity contribution in [3.05, 3.63) is 11.7 Å². The van der Waals surface area contributed by atoms with Crippen LogP contribution in [-0.2, 0) is 0 Å². The van der Waals surface area contributed by atoms with Crippen LogP contribution in [0.4, 0.5) is 0 Å².